The summed E-state index contributed by atoms with van der Waals surface area (Å²) in [4.78, 5) is 43.1. The lowest BCUT2D eigenvalue weighted by Gasteiger charge is -2.08. The molecule has 8 nitrogen and oxygen atoms in total. The minimum atomic E-state index is -0.473. The molecule has 42 heavy (non-hydrogen) atoms. The standard InChI is InChI=1S/C30H18Br2N6O2S2/c1-34-26-25(20-8-12-22(32)13-9-20)36-30(38-28(26)40)42-16-18-4-2-17(3-5-18)15-41-29-35-24(23(14-33)27(39)37-29)19-6-10-21(31)11-7-19/h2-13H,15-16H2,(H,35,37,39)(H,36,38,40). The normalized spacial score (nSPS) is 10.7. The van der Waals surface area contributed by atoms with Gasteiger partial charge in [0, 0.05) is 26.0 Å². The topological polar surface area (TPSA) is 120 Å². The van der Waals surface area contributed by atoms with Crippen LogP contribution in [0.2, 0.25) is 0 Å². The van der Waals surface area contributed by atoms with Crippen LogP contribution in [0, 0.1) is 17.9 Å². The molecule has 0 unspecified atom stereocenters. The first-order valence-corrected chi connectivity index (χ1v) is 15.8. The van der Waals surface area contributed by atoms with Crippen molar-refractivity contribution in [1.82, 2.24) is 19.9 Å². The second-order valence-corrected chi connectivity index (χ2v) is 12.6. The molecule has 12 heteroatoms. The number of thioether (sulfide) groups is 2. The number of halogens is 2. The number of rotatable bonds is 8. The molecular formula is C30H18Br2N6O2S2. The first-order chi connectivity index (χ1) is 20.3. The summed E-state index contributed by atoms with van der Waals surface area (Å²) in [5.41, 5.74) is 3.14. The van der Waals surface area contributed by atoms with Crippen LogP contribution >= 0.6 is 55.4 Å². The van der Waals surface area contributed by atoms with Gasteiger partial charge >= 0.3 is 0 Å². The Balaban J connectivity index is 1.27. The molecule has 5 rings (SSSR count). The predicted molar refractivity (Wildman–Crippen MR) is 173 cm³/mol. The van der Waals surface area contributed by atoms with Crippen molar-refractivity contribution in [3.05, 3.63) is 131 Å². The molecule has 206 valence electrons. The van der Waals surface area contributed by atoms with Crippen molar-refractivity contribution in [3.8, 4) is 28.6 Å². The van der Waals surface area contributed by atoms with Crippen LogP contribution in [0.3, 0.4) is 0 Å². The van der Waals surface area contributed by atoms with Crippen molar-refractivity contribution in [2.75, 3.05) is 0 Å². The lowest BCUT2D eigenvalue weighted by atomic mass is 10.1. The van der Waals surface area contributed by atoms with Crippen LogP contribution < -0.4 is 11.1 Å². The van der Waals surface area contributed by atoms with E-state index in [1.807, 2.05) is 78.9 Å². The number of nitrogens with zero attached hydrogens (tertiary/aromatic N) is 4. The highest BCUT2D eigenvalue weighted by atomic mass is 79.9. The van der Waals surface area contributed by atoms with Crippen molar-refractivity contribution in [1.29, 1.82) is 5.26 Å². The third-order valence-corrected chi connectivity index (χ3v) is 8.95. The van der Waals surface area contributed by atoms with Gasteiger partial charge < -0.3 is 9.97 Å². The number of hydrogen-bond donors (Lipinski definition) is 2. The van der Waals surface area contributed by atoms with E-state index < -0.39 is 11.1 Å². The maximum absolute atomic E-state index is 12.6. The number of aromatic nitrogens is 4. The number of aromatic amines is 2. The molecule has 0 spiro atoms. The minimum absolute atomic E-state index is 0.0212. The lowest BCUT2D eigenvalue weighted by Crippen LogP contribution is -2.14. The van der Waals surface area contributed by atoms with Gasteiger partial charge in [0.25, 0.3) is 16.8 Å². The van der Waals surface area contributed by atoms with Crippen molar-refractivity contribution >= 4 is 61.1 Å². The van der Waals surface area contributed by atoms with E-state index in [2.05, 4.69) is 56.6 Å². The van der Waals surface area contributed by atoms with E-state index in [4.69, 9.17) is 6.57 Å². The third-order valence-electron chi connectivity index (χ3n) is 6.00. The first-order valence-electron chi connectivity index (χ1n) is 12.3. The Morgan fingerprint density at radius 2 is 1.19 bits per heavy atom. The quantitative estimate of drug-likeness (QED) is 0.0958. The fourth-order valence-corrected chi connectivity index (χ4v) is 6.07. The van der Waals surface area contributed by atoms with E-state index in [0.29, 0.717) is 44.3 Å². The van der Waals surface area contributed by atoms with Gasteiger partial charge in [-0.15, -0.1) is 0 Å². The van der Waals surface area contributed by atoms with Crippen molar-refractivity contribution < 1.29 is 0 Å². The van der Waals surface area contributed by atoms with Gasteiger partial charge in [-0.25, -0.2) is 14.8 Å². The molecule has 0 saturated heterocycles. The van der Waals surface area contributed by atoms with Gasteiger partial charge in [-0.2, -0.15) is 5.26 Å². The Kier molecular flexibility index (Phi) is 9.40. The zero-order valence-electron chi connectivity index (χ0n) is 21.5. The van der Waals surface area contributed by atoms with Gasteiger partial charge in [-0.05, 0) is 41.0 Å². The number of nitriles is 1. The fourth-order valence-electron chi connectivity index (χ4n) is 3.90. The van der Waals surface area contributed by atoms with Gasteiger partial charge in [0.15, 0.2) is 10.3 Å². The van der Waals surface area contributed by atoms with Crippen molar-refractivity contribution in [3.63, 3.8) is 0 Å². The van der Waals surface area contributed by atoms with E-state index in [-0.39, 0.29) is 11.3 Å². The number of benzene rings is 3. The van der Waals surface area contributed by atoms with Crippen LogP contribution in [-0.2, 0) is 11.5 Å². The maximum atomic E-state index is 12.6. The summed E-state index contributed by atoms with van der Waals surface area (Å²) < 4.78 is 1.78. The molecule has 2 aromatic heterocycles. The molecule has 2 heterocycles. The molecule has 0 aliphatic carbocycles. The monoisotopic (exact) mass is 716 g/mol. The zero-order chi connectivity index (χ0) is 29.6. The SMILES string of the molecule is [C-]#[N+]c1c(-c2ccc(Br)cc2)nc(SCc2ccc(CSc3nc(-c4ccc(Br)cc4)c(C#N)c(=O)[nH]3)cc2)[nH]c1=O. The molecule has 3 aromatic carbocycles. The highest BCUT2D eigenvalue weighted by Crippen LogP contribution is 2.30. The molecule has 0 amide bonds. The van der Waals surface area contributed by atoms with Gasteiger partial charge in [0.2, 0.25) is 0 Å². The van der Waals surface area contributed by atoms with Crippen molar-refractivity contribution in [2.45, 2.75) is 21.8 Å². The summed E-state index contributed by atoms with van der Waals surface area (Å²) in [6.07, 6.45) is 0. The summed E-state index contributed by atoms with van der Waals surface area (Å²) in [6, 6.07) is 24.5. The van der Waals surface area contributed by atoms with Gasteiger partial charge in [-0.1, -0.05) is 104 Å². The Morgan fingerprint density at radius 1 is 0.738 bits per heavy atom. The van der Waals surface area contributed by atoms with Crippen LogP contribution in [0.4, 0.5) is 5.69 Å². The van der Waals surface area contributed by atoms with Crippen LogP contribution in [0.15, 0.2) is 102 Å². The Bertz CT molecular complexity index is 1820. The summed E-state index contributed by atoms with van der Waals surface area (Å²) in [6.45, 7) is 7.43. The van der Waals surface area contributed by atoms with Gasteiger partial charge in [0.1, 0.15) is 11.6 Å². The fraction of sp³-hybridized carbons (Fsp3) is 0.0667. The smallest absolute Gasteiger partial charge is 0.276 e. The number of hydrogen-bond acceptors (Lipinski definition) is 7. The summed E-state index contributed by atoms with van der Waals surface area (Å²) >= 11 is 9.54. The Morgan fingerprint density at radius 3 is 1.67 bits per heavy atom. The lowest BCUT2D eigenvalue weighted by molar-refractivity contribution is 0.934. The molecule has 5 aromatic rings. The molecule has 0 bridgehead atoms. The minimum Gasteiger partial charge on any atom is -0.311 e. The van der Waals surface area contributed by atoms with Crippen LogP contribution in [-0.4, -0.2) is 19.9 Å². The largest absolute Gasteiger partial charge is 0.311 e. The maximum Gasteiger partial charge on any atom is 0.276 e. The molecule has 0 fully saturated rings. The van der Waals surface area contributed by atoms with E-state index >= 15 is 0 Å². The second kappa shape index (κ2) is 13.4. The molecule has 2 N–H and O–H groups in total. The van der Waals surface area contributed by atoms with Crippen LogP contribution in [0.1, 0.15) is 16.7 Å². The average Bonchev–Trinajstić information content (AvgIpc) is 2.99. The summed E-state index contributed by atoms with van der Waals surface area (Å²) in [7, 11) is 0. The highest BCUT2D eigenvalue weighted by molar-refractivity contribution is 9.10. The highest BCUT2D eigenvalue weighted by Gasteiger charge is 2.15. The Labute approximate surface area is 265 Å². The van der Waals surface area contributed by atoms with E-state index in [0.717, 1.165) is 20.1 Å². The van der Waals surface area contributed by atoms with E-state index in [1.165, 1.54) is 23.5 Å². The predicted octanol–water partition coefficient (Wildman–Crippen LogP) is 7.72. The molecule has 0 saturated carbocycles. The molecule has 0 radical (unpaired) electrons. The van der Waals surface area contributed by atoms with Crippen molar-refractivity contribution in [2.24, 2.45) is 0 Å². The first kappa shape index (κ1) is 29.5. The van der Waals surface area contributed by atoms with E-state index in [9.17, 15) is 14.9 Å². The van der Waals surface area contributed by atoms with E-state index in [1.54, 1.807) is 0 Å². The van der Waals surface area contributed by atoms with Crippen LogP contribution in [0.5, 0.6) is 0 Å². The average molecular weight is 718 g/mol. The van der Waals surface area contributed by atoms with Gasteiger partial charge in [-0.3, -0.25) is 9.59 Å². The second-order valence-electron chi connectivity index (χ2n) is 8.79. The Hall–Kier alpha value is -3.94. The molecule has 0 aliphatic heterocycles. The van der Waals surface area contributed by atoms with Gasteiger partial charge in [0.05, 0.1) is 18.0 Å². The summed E-state index contributed by atoms with van der Waals surface area (Å²) in [5.74, 6) is 1.13. The molecular weight excluding hydrogens is 700 g/mol. The number of nitrogens with one attached hydrogen (secondary N) is 2. The molecule has 0 atom stereocenters. The third kappa shape index (κ3) is 6.92. The molecule has 0 aliphatic rings. The zero-order valence-corrected chi connectivity index (χ0v) is 26.3. The van der Waals surface area contributed by atoms with Crippen LogP contribution in [0.25, 0.3) is 27.4 Å². The summed E-state index contributed by atoms with van der Waals surface area (Å²) in [5, 5.41) is 10.4. The number of H-pyrrole nitrogens is 2.